The lowest BCUT2D eigenvalue weighted by molar-refractivity contribution is 0.257. The summed E-state index contributed by atoms with van der Waals surface area (Å²) in [7, 11) is 0. The van der Waals surface area contributed by atoms with E-state index in [1.165, 1.54) is 0 Å². The summed E-state index contributed by atoms with van der Waals surface area (Å²) in [5.41, 5.74) is 3.85. The predicted molar refractivity (Wildman–Crippen MR) is 117 cm³/mol. The van der Waals surface area contributed by atoms with Gasteiger partial charge in [0.1, 0.15) is 0 Å². The van der Waals surface area contributed by atoms with Crippen molar-refractivity contribution in [2.24, 2.45) is 0 Å². The molecule has 3 aromatic rings. The Morgan fingerprint density at radius 1 is 0.963 bits per heavy atom. The molecule has 0 bridgehead atoms. The van der Waals surface area contributed by atoms with E-state index in [4.69, 9.17) is 0 Å². The van der Waals surface area contributed by atoms with Gasteiger partial charge < -0.3 is 5.32 Å². The van der Waals surface area contributed by atoms with Gasteiger partial charge in [0.2, 0.25) is 0 Å². The molecule has 27 heavy (non-hydrogen) atoms. The normalized spacial score (nSPS) is 10.7. The molecule has 0 aliphatic carbocycles. The number of carbonyl (C=O) groups excluding carboxylic acids is 1. The molecular weight excluding hydrogens is 400 g/mol. The summed E-state index contributed by atoms with van der Waals surface area (Å²) in [6.45, 7) is 2.50. The molecule has 0 aliphatic heterocycles. The summed E-state index contributed by atoms with van der Waals surface area (Å²) in [4.78, 5) is 14.7. The van der Waals surface area contributed by atoms with Crippen LogP contribution in [-0.4, -0.2) is 12.6 Å². The third-order valence-electron chi connectivity index (χ3n) is 4.10. The van der Waals surface area contributed by atoms with Crippen molar-refractivity contribution in [3.8, 4) is 0 Å². The number of urea groups is 1. The van der Waals surface area contributed by atoms with E-state index >= 15 is 0 Å². The fraction of sp³-hybridized carbons (Fsp3) is 0.0870. The third kappa shape index (κ3) is 5.31. The number of amides is 2. The Morgan fingerprint density at radius 2 is 1.63 bits per heavy atom. The summed E-state index contributed by atoms with van der Waals surface area (Å²) in [5, 5.41) is 2.98. The fourth-order valence-electron chi connectivity index (χ4n) is 2.63. The van der Waals surface area contributed by atoms with Crippen LogP contribution in [0.4, 0.5) is 16.2 Å². The number of hydrogen-bond acceptors (Lipinski definition) is 1. The minimum absolute atomic E-state index is 0.177. The smallest absolute Gasteiger partial charge is 0.306 e. The van der Waals surface area contributed by atoms with Gasteiger partial charge in [0.15, 0.2) is 0 Å². The zero-order chi connectivity index (χ0) is 19.1. The van der Waals surface area contributed by atoms with E-state index in [-0.39, 0.29) is 6.03 Å². The molecule has 0 heterocycles. The summed E-state index contributed by atoms with van der Waals surface area (Å²) in [6.07, 6.45) is 4.02. The van der Waals surface area contributed by atoms with E-state index in [0.29, 0.717) is 6.54 Å². The largest absolute Gasteiger partial charge is 0.326 e. The Hall–Kier alpha value is -2.85. The number of nitrogens with one attached hydrogen (secondary N) is 1. The lowest BCUT2D eigenvalue weighted by Crippen LogP contribution is -2.35. The molecule has 0 unspecified atom stereocenters. The second-order valence-corrected chi connectivity index (χ2v) is 7.02. The first-order chi connectivity index (χ1) is 13.1. The maximum Gasteiger partial charge on any atom is 0.326 e. The number of halogens is 1. The monoisotopic (exact) mass is 420 g/mol. The van der Waals surface area contributed by atoms with E-state index in [1.807, 2.05) is 97.9 Å². The lowest BCUT2D eigenvalue weighted by atomic mass is 10.2. The highest BCUT2D eigenvalue weighted by molar-refractivity contribution is 9.10. The van der Waals surface area contributed by atoms with Crippen molar-refractivity contribution in [1.82, 2.24) is 0 Å². The Balaban J connectivity index is 1.80. The van der Waals surface area contributed by atoms with Gasteiger partial charge >= 0.3 is 6.03 Å². The molecule has 0 atom stereocenters. The minimum atomic E-state index is -0.177. The highest BCUT2D eigenvalue weighted by Crippen LogP contribution is 2.23. The first kappa shape index (κ1) is 18.9. The molecule has 2 amide bonds. The maximum atomic E-state index is 13.0. The second kappa shape index (κ2) is 9.19. The van der Waals surface area contributed by atoms with Gasteiger partial charge in [-0.05, 0) is 52.7 Å². The number of benzene rings is 3. The van der Waals surface area contributed by atoms with Crippen LogP contribution in [0.3, 0.4) is 0 Å². The molecule has 3 aromatic carbocycles. The molecule has 0 saturated heterocycles. The molecule has 136 valence electrons. The van der Waals surface area contributed by atoms with Crippen molar-refractivity contribution in [2.75, 3.05) is 16.8 Å². The van der Waals surface area contributed by atoms with Gasteiger partial charge in [0.25, 0.3) is 0 Å². The third-order valence-corrected chi connectivity index (χ3v) is 4.80. The first-order valence-electron chi connectivity index (χ1n) is 8.75. The number of para-hydroxylation sites is 1. The number of nitrogens with zero attached hydrogens (tertiary/aromatic N) is 1. The summed E-state index contributed by atoms with van der Waals surface area (Å²) in [6, 6.07) is 25.4. The Morgan fingerprint density at radius 3 is 2.33 bits per heavy atom. The van der Waals surface area contributed by atoms with Crippen LogP contribution in [0, 0.1) is 6.92 Å². The molecule has 0 saturated carbocycles. The molecule has 1 N–H and O–H groups in total. The molecule has 0 radical (unpaired) electrons. The van der Waals surface area contributed by atoms with Gasteiger partial charge in [-0.1, -0.05) is 72.3 Å². The van der Waals surface area contributed by atoms with Crippen LogP contribution in [0.25, 0.3) is 6.08 Å². The van der Waals surface area contributed by atoms with Crippen LogP contribution in [0.15, 0.2) is 89.4 Å². The average molecular weight is 421 g/mol. The molecule has 4 heteroatoms. The van der Waals surface area contributed by atoms with Gasteiger partial charge in [0.05, 0.1) is 5.69 Å². The minimum Gasteiger partial charge on any atom is -0.306 e. The molecule has 0 aromatic heterocycles. The van der Waals surface area contributed by atoms with Crippen LogP contribution in [0.1, 0.15) is 11.1 Å². The van der Waals surface area contributed by atoms with Crippen molar-refractivity contribution in [2.45, 2.75) is 6.92 Å². The van der Waals surface area contributed by atoms with E-state index in [9.17, 15) is 4.79 Å². The topological polar surface area (TPSA) is 32.3 Å². The molecule has 0 spiro atoms. The van der Waals surface area contributed by atoms with Crippen LogP contribution in [0.2, 0.25) is 0 Å². The Bertz CT molecular complexity index is 921. The first-order valence-corrected chi connectivity index (χ1v) is 9.54. The van der Waals surface area contributed by atoms with Crippen LogP contribution in [-0.2, 0) is 0 Å². The zero-order valence-electron chi connectivity index (χ0n) is 15.1. The number of carbonyl (C=O) groups is 1. The highest BCUT2D eigenvalue weighted by atomic mass is 79.9. The van der Waals surface area contributed by atoms with Crippen molar-refractivity contribution < 1.29 is 4.79 Å². The van der Waals surface area contributed by atoms with E-state index < -0.39 is 0 Å². The van der Waals surface area contributed by atoms with Crippen LogP contribution >= 0.6 is 15.9 Å². The summed E-state index contributed by atoms with van der Waals surface area (Å²) < 4.78 is 0.849. The number of aryl methyl sites for hydroxylation is 1. The fourth-order valence-corrected chi connectivity index (χ4v) is 3.02. The SMILES string of the molecule is Cc1ccc(N(C/C=C/c2ccccc2)C(=O)Nc2ccccc2Br)cc1. The van der Waals surface area contributed by atoms with Crippen molar-refractivity contribution in [3.63, 3.8) is 0 Å². The van der Waals surface area contributed by atoms with Crippen molar-refractivity contribution >= 4 is 39.4 Å². The van der Waals surface area contributed by atoms with Gasteiger partial charge in [-0.25, -0.2) is 4.79 Å². The van der Waals surface area contributed by atoms with E-state index in [2.05, 4.69) is 21.2 Å². The maximum absolute atomic E-state index is 13.0. The Kier molecular flexibility index (Phi) is 6.44. The number of anilines is 2. The van der Waals surface area contributed by atoms with Gasteiger partial charge in [0, 0.05) is 16.7 Å². The van der Waals surface area contributed by atoms with E-state index in [0.717, 1.165) is 27.0 Å². The molecule has 3 rings (SSSR count). The zero-order valence-corrected chi connectivity index (χ0v) is 16.7. The predicted octanol–water partition coefficient (Wildman–Crippen LogP) is 6.51. The van der Waals surface area contributed by atoms with Crippen molar-refractivity contribution in [3.05, 3.63) is 101 Å². The van der Waals surface area contributed by atoms with Crippen LogP contribution in [0.5, 0.6) is 0 Å². The highest BCUT2D eigenvalue weighted by Gasteiger charge is 2.15. The average Bonchev–Trinajstić information content (AvgIpc) is 2.69. The summed E-state index contributed by atoms with van der Waals surface area (Å²) in [5.74, 6) is 0. The molecule has 3 nitrogen and oxygen atoms in total. The molecular formula is C23H21BrN2O. The van der Waals surface area contributed by atoms with E-state index in [1.54, 1.807) is 4.90 Å². The molecule has 0 fully saturated rings. The van der Waals surface area contributed by atoms with Gasteiger partial charge in [-0.2, -0.15) is 0 Å². The Labute approximate surface area is 168 Å². The number of hydrogen-bond donors (Lipinski definition) is 1. The number of rotatable bonds is 5. The van der Waals surface area contributed by atoms with Crippen molar-refractivity contribution in [1.29, 1.82) is 0 Å². The second-order valence-electron chi connectivity index (χ2n) is 6.17. The summed E-state index contributed by atoms with van der Waals surface area (Å²) >= 11 is 3.48. The van der Waals surface area contributed by atoms with Gasteiger partial charge in [-0.3, -0.25) is 4.90 Å². The van der Waals surface area contributed by atoms with Crippen LogP contribution < -0.4 is 10.2 Å². The molecule has 0 aliphatic rings. The lowest BCUT2D eigenvalue weighted by Gasteiger charge is -2.22. The van der Waals surface area contributed by atoms with Gasteiger partial charge in [-0.15, -0.1) is 0 Å². The standard InChI is InChI=1S/C23H21BrN2O/c1-18-13-15-20(16-14-18)26(17-7-10-19-8-3-2-4-9-19)23(27)25-22-12-6-5-11-21(22)24/h2-16H,17H2,1H3,(H,25,27)/b10-7+. The quantitative estimate of drug-likeness (QED) is 0.501.